The molecule has 1 aliphatic carbocycles. The molecule has 0 heterocycles. The molecule has 20 heavy (non-hydrogen) atoms. The van der Waals surface area contributed by atoms with Crippen LogP contribution in [0.4, 0.5) is 0 Å². The van der Waals surface area contributed by atoms with Gasteiger partial charge in [-0.25, -0.2) is 0 Å². The van der Waals surface area contributed by atoms with E-state index < -0.39 is 0 Å². The van der Waals surface area contributed by atoms with Crippen LogP contribution in [0.15, 0.2) is 22.7 Å². The first-order valence-corrected chi connectivity index (χ1v) is 8.50. The molecule has 0 aliphatic heterocycles. The van der Waals surface area contributed by atoms with Gasteiger partial charge in [0.1, 0.15) is 5.75 Å². The molecule has 1 aliphatic rings. The lowest BCUT2D eigenvalue weighted by atomic mass is 9.84. The number of methoxy groups -OCH3 is 1. The molecule has 1 fully saturated rings. The summed E-state index contributed by atoms with van der Waals surface area (Å²) in [6.45, 7) is 4.58. The molecule has 1 aromatic rings. The fourth-order valence-corrected chi connectivity index (χ4v) is 3.77. The number of nitrogens with one attached hydrogen (secondary N) is 1. The van der Waals surface area contributed by atoms with E-state index in [1.807, 2.05) is 6.07 Å². The highest BCUT2D eigenvalue weighted by Crippen LogP contribution is 2.30. The Kier molecular flexibility index (Phi) is 5.91. The Labute approximate surface area is 131 Å². The zero-order valence-electron chi connectivity index (χ0n) is 12.8. The van der Waals surface area contributed by atoms with Crippen LogP contribution in [0.3, 0.4) is 0 Å². The molecule has 2 rings (SSSR count). The summed E-state index contributed by atoms with van der Waals surface area (Å²) in [5.74, 6) is 1.73. The van der Waals surface area contributed by atoms with E-state index in [1.165, 1.54) is 37.7 Å². The number of hydrogen-bond donors (Lipinski definition) is 1. The molecule has 1 unspecified atom stereocenters. The van der Waals surface area contributed by atoms with Crippen LogP contribution >= 0.6 is 15.9 Å². The molecule has 2 atom stereocenters. The lowest BCUT2D eigenvalue weighted by molar-refractivity contribution is 0.268. The first kappa shape index (κ1) is 15.8. The molecule has 0 saturated heterocycles. The van der Waals surface area contributed by atoms with E-state index in [4.69, 9.17) is 4.74 Å². The molecule has 1 saturated carbocycles. The van der Waals surface area contributed by atoms with Crippen LogP contribution in [0.5, 0.6) is 5.75 Å². The third kappa shape index (κ3) is 3.98. The molecule has 0 spiro atoms. The number of benzene rings is 1. The third-order valence-corrected chi connectivity index (χ3v) is 5.17. The topological polar surface area (TPSA) is 21.3 Å². The SMILES string of the molecule is COc1ccc(C(C)N[C@H](C)C2CCCCC2)cc1Br. The molecule has 2 nitrogen and oxygen atoms in total. The summed E-state index contributed by atoms with van der Waals surface area (Å²) in [6, 6.07) is 7.29. The predicted molar refractivity (Wildman–Crippen MR) is 88.3 cm³/mol. The summed E-state index contributed by atoms with van der Waals surface area (Å²) in [5.41, 5.74) is 1.31. The summed E-state index contributed by atoms with van der Waals surface area (Å²) in [7, 11) is 1.70. The van der Waals surface area contributed by atoms with Crippen LogP contribution in [0.1, 0.15) is 57.6 Å². The monoisotopic (exact) mass is 339 g/mol. The number of rotatable bonds is 5. The maximum atomic E-state index is 5.29. The van der Waals surface area contributed by atoms with Crippen LogP contribution in [0.25, 0.3) is 0 Å². The van der Waals surface area contributed by atoms with Gasteiger partial charge in [-0.1, -0.05) is 25.3 Å². The second-order valence-corrected chi connectivity index (χ2v) is 6.82. The van der Waals surface area contributed by atoms with Gasteiger partial charge in [0.25, 0.3) is 0 Å². The van der Waals surface area contributed by atoms with Crippen molar-refractivity contribution < 1.29 is 4.74 Å². The minimum absolute atomic E-state index is 0.370. The van der Waals surface area contributed by atoms with Gasteiger partial charge >= 0.3 is 0 Å². The second-order valence-electron chi connectivity index (χ2n) is 5.97. The van der Waals surface area contributed by atoms with Crippen molar-refractivity contribution in [2.75, 3.05) is 7.11 Å². The maximum Gasteiger partial charge on any atom is 0.133 e. The molecular formula is C17H26BrNO. The van der Waals surface area contributed by atoms with Crippen molar-refractivity contribution in [3.05, 3.63) is 28.2 Å². The first-order valence-electron chi connectivity index (χ1n) is 7.71. The summed E-state index contributed by atoms with van der Waals surface area (Å²) in [5, 5.41) is 3.77. The van der Waals surface area contributed by atoms with E-state index in [-0.39, 0.29) is 0 Å². The van der Waals surface area contributed by atoms with Crippen LogP contribution in [-0.4, -0.2) is 13.2 Å². The summed E-state index contributed by atoms with van der Waals surface area (Å²) >= 11 is 3.57. The summed E-state index contributed by atoms with van der Waals surface area (Å²) in [4.78, 5) is 0. The van der Waals surface area contributed by atoms with Crippen molar-refractivity contribution in [2.45, 2.75) is 58.0 Å². The molecule has 1 N–H and O–H groups in total. The van der Waals surface area contributed by atoms with Gasteiger partial charge in [-0.05, 0) is 66.2 Å². The van der Waals surface area contributed by atoms with Gasteiger partial charge in [0.2, 0.25) is 0 Å². The Hall–Kier alpha value is -0.540. The number of ether oxygens (including phenoxy) is 1. The summed E-state index contributed by atoms with van der Waals surface area (Å²) in [6.07, 6.45) is 6.99. The van der Waals surface area contributed by atoms with E-state index in [0.717, 1.165) is 16.1 Å². The Morgan fingerprint density at radius 2 is 1.90 bits per heavy atom. The van der Waals surface area contributed by atoms with E-state index in [0.29, 0.717) is 12.1 Å². The van der Waals surface area contributed by atoms with E-state index in [9.17, 15) is 0 Å². The Morgan fingerprint density at radius 1 is 1.20 bits per heavy atom. The maximum absolute atomic E-state index is 5.29. The molecule has 3 heteroatoms. The normalized spacial score (nSPS) is 19.6. The van der Waals surface area contributed by atoms with Gasteiger partial charge in [-0.2, -0.15) is 0 Å². The Balaban J connectivity index is 1.96. The highest BCUT2D eigenvalue weighted by atomic mass is 79.9. The lowest BCUT2D eigenvalue weighted by Gasteiger charge is -2.31. The van der Waals surface area contributed by atoms with Crippen LogP contribution in [0.2, 0.25) is 0 Å². The molecule has 0 bridgehead atoms. The van der Waals surface area contributed by atoms with Gasteiger partial charge < -0.3 is 10.1 Å². The quantitative estimate of drug-likeness (QED) is 0.807. The smallest absolute Gasteiger partial charge is 0.133 e. The molecule has 0 amide bonds. The van der Waals surface area contributed by atoms with Crippen molar-refractivity contribution in [1.29, 1.82) is 0 Å². The Bertz CT molecular complexity index is 429. The second kappa shape index (κ2) is 7.46. The van der Waals surface area contributed by atoms with E-state index >= 15 is 0 Å². The number of hydrogen-bond acceptors (Lipinski definition) is 2. The van der Waals surface area contributed by atoms with Crippen molar-refractivity contribution in [3.8, 4) is 5.75 Å². The molecule has 1 aromatic carbocycles. The van der Waals surface area contributed by atoms with Crippen molar-refractivity contribution in [3.63, 3.8) is 0 Å². The average molecular weight is 340 g/mol. The van der Waals surface area contributed by atoms with Gasteiger partial charge in [0.05, 0.1) is 11.6 Å². The number of halogens is 1. The van der Waals surface area contributed by atoms with Crippen molar-refractivity contribution >= 4 is 15.9 Å². The highest BCUT2D eigenvalue weighted by molar-refractivity contribution is 9.10. The van der Waals surface area contributed by atoms with E-state index in [2.05, 4.69) is 47.2 Å². The first-order chi connectivity index (χ1) is 9.61. The van der Waals surface area contributed by atoms with Crippen LogP contribution in [-0.2, 0) is 0 Å². The van der Waals surface area contributed by atoms with Crippen molar-refractivity contribution in [1.82, 2.24) is 5.32 Å². The molecule has 0 radical (unpaired) electrons. The van der Waals surface area contributed by atoms with Gasteiger partial charge in [-0.15, -0.1) is 0 Å². The zero-order chi connectivity index (χ0) is 14.5. The minimum Gasteiger partial charge on any atom is -0.496 e. The zero-order valence-corrected chi connectivity index (χ0v) is 14.4. The van der Waals surface area contributed by atoms with Gasteiger partial charge in [0.15, 0.2) is 0 Å². The highest BCUT2D eigenvalue weighted by Gasteiger charge is 2.21. The van der Waals surface area contributed by atoms with Crippen LogP contribution in [0, 0.1) is 5.92 Å². The van der Waals surface area contributed by atoms with Crippen molar-refractivity contribution in [2.24, 2.45) is 5.92 Å². The lowest BCUT2D eigenvalue weighted by Crippen LogP contribution is -2.36. The molecule has 112 valence electrons. The van der Waals surface area contributed by atoms with E-state index in [1.54, 1.807) is 7.11 Å². The predicted octanol–water partition coefficient (Wildman–Crippen LogP) is 5.08. The fraction of sp³-hybridized carbons (Fsp3) is 0.647. The van der Waals surface area contributed by atoms with Gasteiger partial charge in [-0.3, -0.25) is 0 Å². The van der Waals surface area contributed by atoms with Gasteiger partial charge in [0, 0.05) is 12.1 Å². The molecule has 0 aromatic heterocycles. The summed E-state index contributed by atoms with van der Waals surface area (Å²) < 4.78 is 6.31. The average Bonchev–Trinajstić information content (AvgIpc) is 2.48. The fourth-order valence-electron chi connectivity index (χ4n) is 3.21. The molecular weight excluding hydrogens is 314 g/mol. The standard InChI is InChI=1S/C17H26BrNO/c1-12(14-7-5-4-6-8-14)19-13(2)15-9-10-17(20-3)16(18)11-15/h9-14,19H,4-8H2,1-3H3/t12-,13?/m1/s1. The minimum atomic E-state index is 0.370. The Morgan fingerprint density at radius 3 is 2.50 bits per heavy atom. The third-order valence-electron chi connectivity index (χ3n) is 4.55. The largest absolute Gasteiger partial charge is 0.496 e. The van der Waals surface area contributed by atoms with Crippen LogP contribution < -0.4 is 10.1 Å².